The van der Waals surface area contributed by atoms with Crippen molar-refractivity contribution < 1.29 is 4.39 Å². The van der Waals surface area contributed by atoms with Gasteiger partial charge in [-0.2, -0.15) is 0 Å². The average molecular weight is 310 g/mol. The van der Waals surface area contributed by atoms with E-state index in [9.17, 15) is 4.39 Å². The highest BCUT2D eigenvalue weighted by atomic mass is 35.5. The molecule has 0 fully saturated rings. The third-order valence-electron chi connectivity index (χ3n) is 3.39. The van der Waals surface area contributed by atoms with Crippen LogP contribution in [-0.2, 0) is 0 Å². The lowest BCUT2D eigenvalue weighted by Crippen LogP contribution is -2.09. The Morgan fingerprint density at radius 2 is 2.15 bits per heavy atom. The van der Waals surface area contributed by atoms with Crippen molar-refractivity contribution in [2.24, 2.45) is 0 Å². The fraction of sp³-hybridized carbons (Fsp3) is 0.214. The van der Waals surface area contributed by atoms with Crippen LogP contribution in [0.3, 0.4) is 0 Å². The van der Waals surface area contributed by atoms with Crippen LogP contribution in [0.4, 0.5) is 10.3 Å². The van der Waals surface area contributed by atoms with Crippen LogP contribution in [-0.4, -0.2) is 9.55 Å². The van der Waals surface area contributed by atoms with Gasteiger partial charge in [-0.3, -0.25) is 0 Å². The number of rotatable bonds is 2. The quantitative estimate of drug-likeness (QED) is 0.763. The maximum atomic E-state index is 13.6. The maximum Gasteiger partial charge on any atom is 0.201 e. The average Bonchev–Trinajstić information content (AvgIpc) is 2.93. The molecule has 0 spiro atoms. The van der Waals surface area contributed by atoms with Gasteiger partial charge >= 0.3 is 0 Å². The molecule has 104 valence electrons. The summed E-state index contributed by atoms with van der Waals surface area (Å²) < 4.78 is 16.3. The molecule has 20 heavy (non-hydrogen) atoms. The first-order valence-corrected chi connectivity index (χ1v) is 7.35. The molecule has 1 unspecified atom stereocenters. The molecule has 2 N–H and O–H groups in total. The molecule has 2 heterocycles. The Kier molecular flexibility index (Phi) is 3.18. The second-order valence-electron chi connectivity index (χ2n) is 4.75. The first-order valence-electron chi connectivity index (χ1n) is 6.16. The molecule has 3 aromatic rings. The van der Waals surface area contributed by atoms with Crippen molar-refractivity contribution in [3.05, 3.63) is 44.9 Å². The fourth-order valence-electron chi connectivity index (χ4n) is 2.33. The zero-order valence-electron chi connectivity index (χ0n) is 11.0. The largest absolute Gasteiger partial charge is 0.369 e. The van der Waals surface area contributed by atoms with Gasteiger partial charge in [0.2, 0.25) is 5.95 Å². The number of fused-ring (bicyclic) bond motifs is 1. The van der Waals surface area contributed by atoms with Crippen molar-refractivity contribution >= 4 is 39.9 Å². The summed E-state index contributed by atoms with van der Waals surface area (Å²) in [6.07, 6.45) is 0. The van der Waals surface area contributed by atoms with Gasteiger partial charge in [-0.25, -0.2) is 9.37 Å². The van der Waals surface area contributed by atoms with Crippen molar-refractivity contribution in [2.45, 2.75) is 19.9 Å². The number of anilines is 1. The van der Waals surface area contributed by atoms with E-state index >= 15 is 0 Å². The molecule has 0 amide bonds. The zero-order chi connectivity index (χ0) is 14.4. The molecule has 2 aromatic heterocycles. The third-order valence-corrected chi connectivity index (χ3v) is 4.79. The highest BCUT2D eigenvalue weighted by Gasteiger charge is 2.18. The summed E-state index contributed by atoms with van der Waals surface area (Å²) in [6.45, 7) is 3.76. The Hall–Kier alpha value is -1.59. The van der Waals surface area contributed by atoms with Crippen LogP contribution in [0.5, 0.6) is 0 Å². The Bertz CT molecular complexity index is 793. The number of halogens is 2. The smallest absolute Gasteiger partial charge is 0.201 e. The minimum absolute atomic E-state index is 0.00219. The maximum absolute atomic E-state index is 13.6. The molecule has 1 aromatic carbocycles. The topological polar surface area (TPSA) is 43.8 Å². The summed E-state index contributed by atoms with van der Waals surface area (Å²) in [7, 11) is 0. The molecular formula is C14H13ClFN3S. The van der Waals surface area contributed by atoms with E-state index in [1.807, 2.05) is 23.6 Å². The highest BCUT2D eigenvalue weighted by molar-refractivity contribution is 7.16. The summed E-state index contributed by atoms with van der Waals surface area (Å²) >= 11 is 7.49. The number of benzene rings is 1. The number of hydrogen-bond acceptors (Lipinski definition) is 3. The molecule has 3 nitrogen and oxygen atoms in total. The number of hydrogen-bond donors (Lipinski definition) is 1. The van der Waals surface area contributed by atoms with Gasteiger partial charge in [0, 0.05) is 10.9 Å². The van der Waals surface area contributed by atoms with Gasteiger partial charge in [0.05, 0.1) is 21.4 Å². The lowest BCUT2D eigenvalue weighted by atomic mass is 10.2. The molecule has 1 atom stereocenters. The first-order chi connectivity index (χ1) is 9.47. The van der Waals surface area contributed by atoms with Gasteiger partial charge in [-0.05, 0) is 37.6 Å². The number of imidazole rings is 1. The van der Waals surface area contributed by atoms with Crippen LogP contribution in [0.2, 0.25) is 4.34 Å². The molecule has 0 aliphatic rings. The summed E-state index contributed by atoms with van der Waals surface area (Å²) in [4.78, 5) is 5.33. The number of aryl methyl sites for hydroxylation is 1. The predicted octanol–water partition coefficient (Wildman–Crippen LogP) is 4.39. The SMILES string of the molecule is Cc1cc2c(cc1F)nc(N)n2C(C)c1ccc(Cl)s1. The summed E-state index contributed by atoms with van der Waals surface area (Å²) in [6, 6.07) is 7.03. The Balaban J connectivity index is 2.20. The van der Waals surface area contributed by atoms with Crippen molar-refractivity contribution in [3.8, 4) is 0 Å². The number of nitrogens with two attached hydrogens (primary N) is 1. The van der Waals surface area contributed by atoms with Crippen molar-refractivity contribution in [1.29, 1.82) is 0 Å². The van der Waals surface area contributed by atoms with Crippen LogP contribution in [0, 0.1) is 12.7 Å². The van der Waals surface area contributed by atoms with E-state index in [1.165, 1.54) is 17.4 Å². The van der Waals surface area contributed by atoms with Gasteiger partial charge in [-0.1, -0.05) is 11.6 Å². The Morgan fingerprint density at radius 1 is 1.40 bits per heavy atom. The van der Waals surface area contributed by atoms with E-state index in [0.29, 0.717) is 17.0 Å². The van der Waals surface area contributed by atoms with E-state index in [4.69, 9.17) is 17.3 Å². The van der Waals surface area contributed by atoms with E-state index < -0.39 is 0 Å². The minimum atomic E-state index is -0.269. The highest BCUT2D eigenvalue weighted by Crippen LogP contribution is 2.33. The van der Waals surface area contributed by atoms with Crippen LogP contribution in [0.25, 0.3) is 11.0 Å². The summed E-state index contributed by atoms with van der Waals surface area (Å²) in [5, 5.41) is 0. The monoisotopic (exact) mass is 309 g/mol. The molecule has 0 aliphatic heterocycles. The van der Waals surface area contributed by atoms with Crippen LogP contribution < -0.4 is 5.73 Å². The normalized spacial score (nSPS) is 13.0. The molecular weight excluding hydrogens is 297 g/mol. The van der Waals surface area contributed by atoms with Gasteiger partial charge in [0.1, 0.15) is 5.82 Å². The minimum Gasteiger partial charge on any atom is -0.369 e. The molecule has 0 saturated carbocycles. The van der Waals surface area contributed by atoms with Crippen molar-refractivity contribution in [1.82, 2.24) is 9.55 Å². The second-order valence-corrected chi connectivity index (χ2v) is 6.49. The van der Waals surface area contributed by atoms with Gasteiger partial charge in [0.25, 0.3) is 0 Å². The van der Waals surface area contributed by atoms with Crippen LogP contribution >= 0.6 is 22.9 Å². The number of nitrogen functional groups attached to an aromatic ring is 1. The van der Waals surface area contributed by atoms with Crippen LogP contribution in [0.15, 0.2) is 24.3 Å². The number of aromatic nitrogens is 2. The van der Waals surface area contributed by atoms with Gasteiger partial charge in [0.15, 0.2) is 0 Å². The van der Waals surface area contributed by atoms with E-state index in [-0.39, 0.29) is 11.9 Å². The molecule has 0 saturated heterocycles. The predicted molar refractivity (Wildman–Crippen MR) is 82.0 cm³/mol. The molecule has 0 bridgehead atoms. The third kappa shape index (κ3) is 2.07. The number of nitrogens with zero attached hydrogens (tertiary/aromatic N) is 2. The molecule has 6 heteroatoms. The zero-order valence-corrected chi connectivity index (χ0v) is 12.6. The molecule has 0 aliphatic carbocycles. The molecule has 3 rings (SSSR count). The van der Waals surface area contributed by atoms with Gasteiger partial charge in [-0.15, -0.1) is 11.3 Å². The van der Waals surface area contributed by atoms with Crippen molar-refractivity contribution in [3.63, 3.8) is 0 Å². The molecule has 0 radical (unpaired) electrons. The fourth-order valence-corrected chi connectivity index (χ4v) is 3.43. The summed E-state index contributed by atoms with van der Waals surface area (Å²) in [5.74, 6) is 0.107. The van der Waals surface area contributed by atoms with E-state index in [0.717, 1.165) is 14.7 Å². The standard InChI is InChI=1S/C14H13ClFN3S/c1-7-5-11-10(6-9(7)16)18-14(17)19(11)8(2)12-3-4-13(15)20-12/h3-6,8H,1-2H3,(H2,17,18). The Labute approximate surface area is 124 Å². The van der Waals surface area contributed by atoms with E-state index in [1.54, 1.807) is 13.0 Å². The first kappa shape index (κ1) is 13.4. The lowest BCUT2D eigenvalue weighted by molar-refractivity contribution is 0.619. The Morgan fingerprint density at radius 3 is 2.80 bits per heavy atom. The number of thiophene rings is 1. The lowest BCUT2D eigenvalue weighted by Gasteiger charge is -2.14. The second kappa shape index (κ2) is 4.75. The van der Waals surface area contributed by atoms with Gasteiger partial charge < -0.3 is 10.3 Å². The summed E-state index contributed by atoms with van der Waals surface area (Å²) in [5.41, 5.74) is 7.98. The van der Waals surface area contributed by atoms with Crippen LogP contribution in [0.1, 0.15) is 23.4 Å². The van der Waals surface area contributed by atoms with Crippen molar-refractivity contribution in [2.75, 3.05) is 5.73 Å². The van der Waals surface area contributed by atoms with E-state index in [2.05, 4.69) is 4.98 Å².